The molecule has 5 heteroatoms. The van der Waals surface area contributed by atoms with Gasteiger partial charge in [-0.1, -0.05) is 0 Å². The third kappa shape index (κ3) is 5.48. The van der Waals surface area contributed by atoms with Crippen molar-refractivity contribution < 1.29 is 9.53 Å². The number of ether oxygens (including phenoxy) is 1. The van der Waals surface area contributed by atoms with Gasteiger partial charge in [-0.3, -0.25) is 0 Å². The molecule has 1 N–H and O–H groups in total. The zero-order chi connectivity index (χ0) is 13.8. The summed E-state index contributed by atoms with van der Waals surface area (Å²) in [5, 5.41) is 3.56. The number of thioether (sulfide) groups is 1. The topological polar surface area (TPSA) is 41.6 Å². The third-order valence-corrected chi connectivity index (χ3v) is 3.61. The van der Waals surface area contributed by atoms with Crippen molar-refractivity contribution >= 4 is 17.9 Å². The Morgan fingerprint density at radius 3 is 2.78 bits per heavy atom. The van der Waals surface area contributed by atoms with E-state index in [1.54, 1.807) is 4.90 Å². The van der Waals surface area contributed by atoms with Gasteiger partial charge in [0, 0.05) is 30.9 Å². The second-order valence-electron chi connectivity index (χ2n) is 5.94. The van der Waals surface area contributed by atoms with Crippen molar-refractivity contribution in [3.8, 4) is 0 Å². The van der Waals surface area contributed by atoms with E-state index in [9.17, 15) is 4.79 Å². The van der Waals surface area contributed by atoms with E-state index in [4.69, 9.17) is 4.74 Å². The number of hydrogen-bond acceptors (Lipinski definition) is 4. The van der Waals surface area contributed by atoms with Crippen LogP contribution in [0.2, 0.25) is 0 Å². The third-order valence-electron chi connectivity index (χ3n) is 2.78. The van der Waals surface area contributed by atoms with Crippen LogP contribution in [0.25, 0.3) is 0 Å². The Balaban J connectivity index is 2.34. The normalized spacial score (nSPS) is 22.1. The molecule has 0 unspecified atom stereocenters. The van der Waals surface area contributed by atoms with Gasteiger partial charge in [-0.25, -0.2) is 4.79 Å². The highest BCUT2D eigenvalue weighted by atomic mass is 32.2. The smallest absolute Gasteiger partial charge is 0.410 e. The summed E-state index contributed by atoms with van der Waals surface area (Å²) in [6.45, 7) is 9.44. The zero-order valence-electron chi connectivity index (χ0n) is 12.2. The molecule has 0 aromatic carbocycles. The van der Waals surface area contributed by atoms with Gasteiger partial charge in [0.25, 0.3) is 0 Å². The van der Waals surface area contributed by atoms with Crippen LogP contribution in [0, 0.1) is 0 Å². The highest BCUT2D eigenvalue weighted by Gasteiger charge is 2.29. The van der Waals surface area contributed by atoms with Crippen molar-refractivity contribution in [2.75, 3.05) is 25.1 Å². The largest absolute Gasteiger partial charge is 0.444 e. The highest BCUT2D eigenvalue weighted by Crippen LogP contribution is 2.15. The monoisotopic (exact) mass is 274 g/mol. The van der Waals surface area contributed by atoms with E-state index >= 15 is 0 Å². The molecule has 1 saturated heterocycles. The Morgan fingerprint density at radius 1 is 1.56 bits per heavy atom. The summed E-state index contributed by atoms with van der Waals surface area (Å²) < 4.78 is 5.38. The van der Waals surface area contributed by atoms with Crippen LogP contribution < -0.4 is 5.32 Å². The van der Waals surface area contributed by atoms with Crippen LogP contribution in [0.4, 0.5) is 4.79 Å². The van der Waals surface area contributed by atoms with Crippen LogP contribution in [0.1, 0.15) is 34.1 Å². The van der Waals surface area contributed by atoms with Crippen LogP contribution in [-0.4, -0.2) is 53.8 Å². The first-order valence-electron chi connectivity index (χ1n) is 6.54. The molecular weight excluding hydrogens is 248 g/mol. The summed E-state index contributed by atoms with van der Waals surface area (Å²) in [5.41, 5.74) is -0.408. The van der Waals surface area contributed by atoms with Gasteiger partial charge in [0.2, 0.25) is 0 Å². The number of likely N-dealkylation sites (tertiary alicyclic amines) is 1. The molecule has 0 bridgehead atoms. The zero-order valence-corrected chi connectivity index (χ0v) is 13.0. The molecular formula is C13H26N2O2S. The summed E-state index contributed by atoms with van der Waals surface area (Å²) in [4.78, 5) is 13.7. The Bertz CT molecular complexity index is 279. The molecule has 1 aliphatic rings. The standard InChI is InChI=1S/C13H26N2O2S/c1-10(9-18-5)14-11-6-7-15(8-11)12(16)17-13(2,3)4/h10-11,14H,6-9H2,1-5H3/t10-,11+/m0/s1. The van der Waals surface area contributed by atoms with Gasteiger partial charge in [-0.15, -0.1) is 0 Å². The first kappa shape index (κ1) is 15.6. The Labute approximate surface area is 115 Å². The SMILES string of the molecule is CSC[C@H](C)N[C@@H]1CCN(C(=O)OC(C)(C)C)C1. The molecule has 0 saturated carbocycles. The summed E-state index contributed by atoms with van der Waals surface area (Å²) in [5.74, 6) is 1.10. The molecule has 0 aliphatic carbocycles. The maximum absolute atomic E-state index is 11.9. The number of carbonyl (C=O) groups excluding carboxylic acids is 1. The van der Waals surface area contributed by atoms with Gasteiger partial charge < -0.3 is 15.0 Å². The van der Waals surface area contributed by atoms with Crippen molar-refractivity contribution in [3.05, 3.63) is 0 Å². The van der Waals surface area contributed by atoms with Gasteiger partial charge in [-0.2, -0.15) is 11.8 Å². The van der Waals surface area contributed by atoms with E-state index in [2.05, 4.69) is 18.5 Å². The maximum atomic E-state index is 11.9. The molecule has 4 nitrogen and oxygen atoms in total. The summed E-state index contributed by atoms with van der Waals surface area (Å²) in [6, 6.07) is 0.892. The fourth-order valence-electron chi connectivity index (χ4n) is 2.09. The van der Waals surface area contributed by atoms with E-state index < -0.39 is 5.60 Å². The quantitative estimate of drug-likeness (QED) is 0.854. The van der Waals surface area contributed by atoms with E-state index in [0.717, 1.165) is 25.3 Å². The van der Waals surface area contributed by atoms with Gasteiger partial charge in [0.15, 0.2) is 0 Å². The van der Waals surface area contributed by atoms with Gasteiger partial charge in [-0.05, 0) is 40.4 Å². The lowest BCUT2D eigenvalue weighted by Gasteiger charge is -2.25. The molecule has 0 radical (unpaired) electrons. The number of nitrogens with zero attached hydrogens (tertiary/aromatic N) is 1. The second kappa shape index (κ2) is 6.66. The number of hydrogen-bond donors (Lipinski definition) is 1. The predicted molar refractivity (Wildman–Crippen MR) is 77.2 cm³/mol. The number of rotatable bonds is 4. The van der Waals surface area contributed by atoms with Crippen LogP contribution >= 0.6 is 11.8 Å². The molecule has 1 aliphatic heterocycles. The average Bonchev–Trinajstić information content (AvgIpc) is 2.63. The lowest BCUT2D eigenvalue weighted by Crippen LogP contribution is -2.41. The van der Waals surface area contributed by atoms with Crippen molar-refractivity contribution in [1.29, 1.82) is 0 Å². The minimum absolute atomic E-state index is 0.190. The first-order valence-corrected chi connectivity index (χ1v) is 7.94. The van der Waals surface area contributed by atoms with Crippen molar-refractivity contribution in [2.45, 2.75) is 51.8 Å². The van der Waals surface area contributed by atoms with E-state index in [1.165, 1.54) is 0 Å². The Hall–Kier alpha value is -0.420. The second-order valence-corrected chi connectivity index (χ2v) is 6.85. The van der Waals surface area contributed by atoms with Gasteiger partial charge in [0.1, 0.15) is 5.60 Å². The van der Waals surface area contributed by atoms with Crippen LogP contribution in [0.3, 0.4) is 0 Å². The minimum atomic E-state index is -0.408. The predicted octanol–water partition coefficient (Wildman–Crippen LogP) is 2.34. The molecule has 0 aromatic rings. The molecule has 1 amide bonds. The van der Waals surface area contributed by atoms with Crippen molar-refractivity contribution in [1.82, 2.24) is 10.2 Å². The number of carbonyl (C=O) groups is 1. The Kier molecular flexibility index (Phi) is 5.79. The molecule has 18 heavy (non-hydrogen) atoms. The lowest BCUT2D eigenvalue weighted by atomic mass is 10.2. The van der Waals surface area contributed by atoms with Gasteiger partial charge >= 0.3 is 6.09 Å². The molecule has 1 heterocycles. The van der Waals surface area contributed by atoms with E-state index in [-0.39, 0.29) is 6.09 Å². The van der Waals surface area contributed by atoms with Crippen molar-refractivity contribution in [3.63, 3.8) is 0 Å². The van der Waals surface area contributed by atoms with Crippen molar-refractivity contribution in [2.24, 2.45) is 0 Å². The van der Waals surface area contributed by atoms with Gasteiger partial charge in [0.05, 0.1) is 0 Å². The molecule has 1 fully saturated rings. The molecule has 106 valence electrons. The fraction of sp³-hybridized carbons (Fsp3) is 0.923. The first-order chi connectivity index (χ1) is 8.31. The van der Waals surface area contributed by atoms with Crippen LogP contribution in [0.15, 0.2) is 0 Å². The fourth-order valence-corrected chi connectivity index (χ4v) is 2.69. The van der Waals surface area contributed by atoms with Crippen LogP contribution in [0.5, 0.6) is 0 Å². The molecule has 0 spiro atoms. The molecule has 0 aromatic heterocycles. The van der Waals surface area contributed by atoms with E-state index in [0.29, 0.717) is 12.1 Å². The minimum Gasteiger partial charge on any atom is -0.444 e. The average molecular weight is 274 g/mol. The number of nitrogens with one attached hydrogen (secondary N) is 1. The van der Waals surface area contributed by atoms with E-state index in [1.807, 2.05) is 32.5 Å². The summed E-state index contributed by atoms with van der Waals surface area (Å²) in [6.07, 6.45) is 2.93. The lowest BCUT2D eigenvalue weighted by molar-refractivity contribution is 0.0290. The molecule has 1 rings (SSSR count). The molecule has 2 atom stereocenters. The highest BCUT2D eigenvalue weighted by molar-refractivity contribution is 7.98. The maximum Gasteiger partial charge on any atom is 0.410 e. The Morgan fingerprint density at radius 2 is 2.22 bits per heavy atom. The summed E-state index contributed by atoms with van der Waals surface area (Å²) >= 11 is 1.84. The van der Waals surface area contributed by atoms with Crippen LogP contribution in [-0.2, 0) is 4.74 Å². The summed E-state index contributed by atoms with van der Waals surface area (Å²) in [7, 11) is 0. The number of amides is 1.